The number of hydrogen-bond acceptors (Lipinski definition) is 5. The van der Waals surface area contributed by atoms with Crippen LogP contribution in [-0.4, -0.2) is 19.1 Å². The Morgan fingerprint density at radius 3 is 2.92 bits per heavy atom. The minimum absolute atomic E-state index is 0.365. The molecule has 0 aromatic carbocycles. The van der Waals surface area contributed by atoms with E-state index in [1.807, 2.05) is 29.0 Å². The van der Waals surface area contributed by atoms with E-state index in [0.717, 1.165) is 5.56 Å². The molecule has 6 nitrogen and oxygen atoms in total. The van der Waals surface area contributed by atoms with E-state index in [0.29, 0.717) is 33.8 Å². The SMILES string of the molecule is N#Cc1csc(-n2c3cccn(Cc4ccc(Cl)nc4)c-3nc2=O)c1. The van der Waals surface area contributed by atoms with Crippen LogP contribution >= 0.6 is 22.9 Å². The molecule has 0 saturated heterocycles. The highest BCUT2D eigenvalue weighted by Crippen LogP contribution is 2.26. The predicted molar refractivity (Wildman–Crippen MR) is 95.4 cm³/mol. The van der Waals surface area contributed by atoms with Gasteiger partial charge in [0.15, 0.2) is 5.82 Å². The Labute approximate surface area is 151 Å². The van der Waals surface area contributed by atoms with Gasteiger partial charge >= 0.3 is 5.69 Å². The Bertz CT molecular complexity index is 1120. The second kappa shape index (κ2) is 6.16. The monoisotopic (exact) mass is 367 g/mol. The summed E-state index contributed by atoms with van der Waals surface area (Å²) < 4.78 is 3.41. The van der Waals surface area contributed by atoms with Crippen molar-refractivity contribution in [2.75, 3.05) is 0 Å². The molecule has 2 aromatic heterocycles. The van der Waals surface area contributed by atoms with E-state index in [1.54, 1.807) is 23.7 Å². The Morgan fingerprint density at radius 2 is 2.20 bits per heavy atom. The average Bonchev–Trinajstić information content (AvgIpc) is 3.20. The van der Waals surface area contributed by atoms with Crippen LogP contribution in [0.5, 0.6) is 0 Å². The summed E-state index contributed by atoms with van der Waals surface area (Å²) in [6.07, 6.45) is 3.56. The number of nitriles is 1. The number of halogens is 1. The lowest BCUT2D eigenvalue weighted by Crippen LogP contribution is -2.13. The van der Waals surface area contributed by atoms with Crippen LogP contribution in [0.1, 0.15) is 11.1 Å². The van der Waals surface area contributed by atoms with Gasteiger partial charge in [-0.25, -0.2) is 14.3 Å². The molecule has 0 saturated carbocycles. The fraction of sp³-hybridized carbons (Fsp3) is 0.0588. The molecule has 0 bridgehead atoms. The molecule has 2 aromatic rings. The van der Waals surface area contributed by atoms with Gasteiger partial charge in [-0.3, -0.25) is 0 Å². The fourth-order valence-electron chi connectivity index (χ4n) is 2.61. The third-order valence-electron chi connectivity index (χ3n) is 3.73. The number of imidazole rings is 1. The van der Waals surface area contributed by atoms with Crippen molar-refractivity contribution in [2.45, 2.75) is 6.54 Å². The summed E-state index contributed by atoms with van der Waals surface area (Å²) in [6, 6.07) is 11.1. The maximum absolute atomic E-state index is 12.4. The molecule has 0 amide bonds. The number of aromatic nitrogens is 4. The normalized spacial score (nSPS) is 10.9. The minimum Gasteiger partial charge on any atom is -0.327 e. The van der Waals surface area contributed by atoms with Gasteiger partial charge in [0.2, 0.25) is 0 Å². The second-order valence-electron chi connectivity index (χ2n) is 5.35. The van der Waals surface area contributed by atoms with Crippen LogP contribution in [-0.2, 0) is 6.54 Å². The number of nitrogens with zero attached hydrogens (tertiary/aromatic N) is 5. The lowest BCUT2D eigenvalue weighted by atomic mass is 10.2. The van der Waals surface area contributed by atoms with Gasteiger partial charge in [-0.1, -0.05) is 17.7 Å². The standard InChI is InChI=1S/C17H10ClN5OS/c18-14-4-3-11(8-20-14)9-22-5-1-2-13-16(22)21-17(24)23(13)15-6-12(7-19)10-25-15/h1-6,8,10H,9H2. The van der Waals surface area contributed by atoms with Crippen molar-refractivity contribution >= 4 is 22.9 Å². The van der Waals surface area contributed by atoms with Gasteiger partial charge in [-0.05, 0) is 29.8 Å². The van der Waals surface area contributed by atoms with Crippen molar-refractivity contribution in [1.82, 2.24) is 19.1 Å². The van der Waals surface area contributed by atoms with Gasteiger partial charge in [0.1, 0.15) is 16.2 Å². The summed E-state index contributed by atoms with van der Waals surface area (Å²) in [6.45, 7) is 0.520. The highest BCUT2D eigenvalue weighted by Gasteiger charge is 2.19. The molecule has 122 valence electrons. The van der Waals surface area contributed by atoms with Crippen LogP contribution < -0.4 is 5.69 Å². The van der Waals surface area contributed by atoms with E-state index in [4.69, 9.17) is 16.9 Å². The molecule has 0 atom stereocenters. The summed E-state index contributed by atoms with van der Waals surface area (Å²) in [7, 11) is 0. The zero-order chi connectivity index (χ0) is 17.4. The summed E-state index contributed by atoms with van der Waals surface area (Å²) in [5, 5.41) is 11.8. The van der Waals surface area contributed by atoms with Crippen LogP contribution in [0.3, 0.4) is 0 Å². The highest BCUT2D eigenvalue weighted by molar-refractivity contribution is 7.12. The topological polar surface area (TPSA) is 76.5 Å². The fourth-order valence-corrected chi connectivity index (χ4v) is 3.57. The Kier molecular flexibility index (Phi) is 3.84. The zero-order valence-corrected chi connectivity index (χ0v) is 14.3. The Balaban J connectivity index is 1.78. The largest absolute Gasteiger partial charge is 0.355 e. The number of pyridine rings is 2. The van der Waals surface area contributed by atoms with E-state index in [9.17, 15) is 4.79 Å². The van der Waals surface area contributed by atoms with Gasteiger partial charge in [0, 0.05) is 17.8 Å². The third-order valence-corrected chi connectivity index (χ3v) is 4.87. The smallest absolute Gasteiger partial charge is 0.327 e. The molecule has 0 N–H and O–H groups in total. The molecule has 0 aliphatic carbocycles. The summed E-state index contributed by atoms with van der Waals surface area (Å²) in [5.41, 5.74) is 1.81. The van der Waals surface area contributed by atoms with Crippen molar-refractivity contribution in [1.29, 1.82) is 5.26 Å². The molecule has 25 heavy (non-hydrogen) atoms. The first-order chi connectivity index (χ1) is 12.2. The van der Waals surface area contributed by atoms with Crippen LogP contribution in [0.25, 0.3) is 16.5 Å². The lowest BCUT2D eigenvalue weighted by molar-refractivity contribution is 0.779. The summed E-state index contributed by atoms with van der Waals surface area (Å²) in [4.78, 5) is 20.7. The van der Waals surface area contributed by atoms with Crippen molar-refractivity contribution in [2.24, 2.45) is 0 Å². The van der Waals surface area contributed by atoms with E-state index in [1.165, 1.54) is 15.9 Å². The Morgan fingerprint density at radius 1 is 1.32 bits per heavy atom. The quantitative estimate of drug-likeness (QED) is 0.521. The first-order valence-corrected chi connectivity index (χ1v) is 8.59. The van der Waals surface area contributed by atoms with E-state index in [2.05, 4.69) is 16.0 Å². The zero-order valence-electron chi connectivity index (χ0n) is 12.8. The van der Waals surface area contributed by atoms with Gasteiger partial charge in [-0.15, -0.1) is 11.3 Å². The second-order valence-corrected chi connectivity index (χ2v) is 6.63. The molecule has 2 aliphatic rings. The number of thiophene rings is 1. The van der Waals surface area contributed by atoms with E-state index >= 15 is 0 Å². The van der Waals surface area contributed by atoms with Crippen molar-refractivity contribution in [3.8, 4) is 22.6 Å². The van der Waals surface area contributed by atoms with Crippen LogP contribution in [0.4, 0.5) is 0 Å². The maximum atomic E-state index is 12.4. The molecule has 0 unspecified atom stereocenters. The molecule has 2 aliphatic heterocycles. The summed E-state index contributed by atoms with van der Waals surface area (Å²) in [5.74, 6) is 0.578. The lowest BCUT2D eigenvalue weighted by Gasteiger charge is -2.12. The van der Waals surface area contributed by atoms with Crippen molar-refractivity contribution < 1.29 is 0 Å². The maximum Gasteiger partial charge on any atom is 0.355 e. The first kappa shape index (κ1) is 15.6. The number of hydrogen-bond donors (Lipinski definition) is 0. The summed E-state index contributed by atoms with van der Waals surface area (Å²) >= 11 is 7.16. The Hall–Kier alpha value is -2.95. The average molecular weight is 368 g/mol. The molecule has 4 rings (SSSR count). The van der Waals surface area contributed by atoms with Crippen LogP contribution in [0.15, 0.2) is 52.9 Å². The number of rotatable bonds is 3. The van der Waals surface area contributed by atoms with Crippen LogP contribution in [0, 0.1) is 11.3 Å². The molecule has 8 heteroatoms. The molecular weight excluding hydrogens is 358 g/mol. The first-order valence-electron chi connectivity index (χ1n) is 7.33. The van der Waals surface area contributed by atoms with Gasteiger partial charge in [0.25, 0.3) is 0 Å². The predicted octanol–water partition coefficient (Wildman–Crippen LogP) is 3.17. The molecular formula is C17H10ClN5OS. The van der Waals surface area contributed by atoms with Crippen molar-refractivity contribution in [3.63, 3.8) is 0 Å². The number of fused-ring (bicyclic) bond motifs is 1. The van der Waals surface area contributed by atoms with Gasteiger partial charge < -0.3 is 4.57 Å². The highest BCUT2D eigenvalue weighted by atomic mass is 35.5. The van der Waals surface area contributed by atoms with E-state index in [-0.39, 0.29) is 5.69 Å². The van der Waals surface area contributed by atoms with E-state index < -0.39 is 0 Å². The van der Waals surface area contributed by atoms with Crippen LogP contribution in [0.2, 0.25) is 5.15 Å². The molecule has 4 heterocycles. The molecule has 0 radical (unpaired) electrons. The minimum atomic E-state index is -0.365. The third kappa shape index (κ3) is 2.82. The van der Waals surface area contributed by atoms with Gasteiger partial charge in [-0.2, -0.15) is 10.2 Å². The van der Waals surface area contributed by atoms with Gasteiger partial charge in [0.05, 0.1) is 17.8 Å². The molecule has 0 fully saturated rings. The molecule has 0 spiro atoms. The van der Waals surface area contributed by atoms with Crippen molar-refractivity contribution in [3.05, 3.63) is 74.9 Å².